The highest BCUT2D eigenvalue weighted by Crippen LogP contribution is 2.24. The molecule has 0 aromatic heterocycles. The van der Waals surface area contributed by atoms with Gasteiger partial charge in [-0.25, -0.2) is 8.42 Å². The van der Waals surface area contributed by atoms with Gasteiger partial charge in [0.1, 0.15) is 4.99 Å². The van der Waals surface area contributed by atoms with Crippen LogP contribution in [-0.4, -0.2) is 18.7 Å². The van der Waals surface area contributed by atoms with Gasteiger partial charge in [-0.05, 0) is 26.0 Å². The van der Waals surface area contributed by atoms with E-state index in [9.17, 15) is 8.42 Å². The van der Waals surface area contributed by atoms with E-state index in [1.165, 1.54) is 6.07 Å². The summed E-state index contributed by atoms with van der Waals surface area (Å²) in [5.74, 6) is 0. The Bertz CT molecular complexity index is 541. The topological polar surface area (TPSA) is 72.2 Å². The number of hydrogen-bond donors (Lipinski definition) is 2. The Balaban J connectivity index is 3.15. The number of sulfonamides is 1. The minimum atomic E-state index is -3.43. The molecular weight excluding hydrogens is 280 g/mol. The molecule has 0 atom stereocenters. The van der Waals surface area contributed by atoms with Crippen molar-refractivity contribution in [3.05, 3.63) is 28.8 Å². The van der Waals surface area contributed by atoms with Gasteiger partial charge in [0.05, 0.1) is 16.0 Å². The Kier molecular flexibility index (Phi) is 4.35. The summed E-state index contributed by atoms with van der Waals surface area (Å²) >= 11 is 10.7. The first-order valence-electron chi connectivity index (χ1n) is 4.85. The van der Waals surface area contributed by atoms with Crippen molar-refractivity contribution in [3.63, 3.8) is 0 Å². The maximum absolute atomic E-state index is 11.7. The lowest BCUT2D eigenvalue weighted by Gasteiger charge is -2.13. The van der Waals surface area contributed by atoms with E-state index >= 15 is 0 Å². The van der Waals surface area contributed by atoms with Crippen LogP contribution in [0.25, 0.3) is 0 Å². The van der Waals surface area contributed by atoms with E-state index in [0.29, 0.717) is 10.6 Å². The number of nitrogens with one attached hydrogen (secondary N) is 1. The molecule has 0 fully saturated rings. The van der Waals surface area contributed by atoms with E-state index in [1.54, 1.807) is 26.0 Å². The van der Waals surface area contributed by atoms with Gasteiger partial charge in [-0.1, -0.05) is 29.9 Å². The fraction of sp³-hybridized carbons (Fsp3) is 0.300. The van der Waals surface area contributed by atoms with Crippen LogP contribution in [0.5, 0.6) is 0 Å². The highest BCUT2D eigenvalue weighted by molar-refractivity contribution is 7.93. The average molecular weight is 293 g/mol. The number of halogens is 1. The van der Waals surface area contributed by atoms with Crippen molar-refractivity contribution < 1.29 is 8.42 Å². The monoisotopic (exact) mass is 292 g/mol. The molecule has 0 unspecified atom stereocenters. The molecule has 7 heteroatoms. The summed E-state index contributed by atoms with van der Waals surface area (Å²) in [4.78, 5) is 0.187. The van der Waals surface area contributed by atoms with E-state index in [1.807, 2.05) is 0 Å². The van der Waals surface area contributed by atoms with Crippen LogP contribution in [0, 0.1) is 0 Å². The quantitative estimate of drug-likeness (QED) is 0.834. The molecule has 0 aliphatic heterocycles. The summed E-state index contributed by atoms with van der Waals surface area (Å²) < 4.78 is 25.8. The van der Waals surface area contributed by atoms with Crippen molar-refractivity contribution in [1.29, 1.82) is 0 Å². The minimum absolute atomic E-state index is 0.187. The van der Waals surface area contributed by atoms with Crippen LogP contribution in [0.15, 0.2) is 18.2 Å². The first-order chi connectivity index (χ1) is 7.74. The van der Waals surface area contributed by atoms with Crippen molar-refractivity contribution in [1.82, 2.24) is 0 Å². The molecule has 0 bridgehead atoms. The molecular formula is C10H13ClN2O2S2. The summed E-state index contributed by atoms with van der Waals surface area (Å²) in [6.07, 6.45) is 0. The van der Waals surface area contributed by atoms with Gasteiger partial charge < -0.3 is 5.73 Å². The summed E-state index contributed by atoms with van der Waals surface area (Å²) in [6.45, 7) is 3.15. The molecule has 94 valence electrons. The van der Waals surface area contributed by atoms with Crippen molar-refractivity contribution in [3.8, 4) is 0 Å². The Morgan fingerprint density at radius 3 is 2.53 bits per heavy atom. The zero-order valence-corrected chi connectivity index (χ0v) is 11.8. The molecule has 0 aliphatic carbocycles. The van der Waals surface area contributed by atoms with Gasteiger partial charge in [-0.3, -0.25) is 4.72 Å². The maximum atomic E-state index is 11.7. The van der Waals surface area contributed by atoms with Gasteiger partial charge in [-0.2, -0.15) is 0 Å². The molecule has 1 aromatic carbocycles. The van der Waals surface area contributed by atoms with Gasteiger partial charge in [-0.15, -0.1) is 0 Å². The fourth-order valence-electron chi connectivity index (χ4n) is 1.03. The molecule has 3 N–H and O–H groups in total. The van der Waals surface area contributed by atoms with E-state index < -0.39 is 15.3 Å². The molecule has 1 rings (SSSR count). The van der Waals surface area contributed by atoms with E-state index in [2.05, 4.69) is 4.72 Å². The molecule has 0 aliphatic rings. The molecule has 0 heterocycles. The average Bonchev–Trinajstić information content (AvgIpc) is 2.20. The molecule has 17 heavy (non-hydrogen) atoms. The number of benzene rings is 1. The first kappa shape index (κ1) is 14.2. The predicted octanol–water partition coefficient (Wildman–Crippen LogP) is 2.12. The van der Waals surface area contributed by atoms with E-state index in [0.717, 1.165) is 0 Å². The van der Waals surface area contributed by atoms with Crippen molar-refractivity contribution in [2.24, 2.45) is 5.73 Å². The minimum Gasteiger partial charge on any atom is -0.389 e. The lowest BCUT2D eigenvalue weighted by Crippen LogP contribution is -2.23. The number of nitrogens with two attached hydrogens (primary N) is 1. The molecule has 0 amide bonds. The van der Waals surface area contributed by atoms with Crippen LogP contribution >= 0.6 is 23.8 Å². The lowest BCUT2D eigenvalue weighted by atomic mass is 10.2. The molecule has 0 saturated heterocycles. The van der Waals surface area contributed by atoms with Crippen LogP contribution in [0.4, 0.5) is 5.69 Å². The normalized spacial score (nSPS) is 11.5. The van der Waals surface area contributed by atoms with Gasteiger partial charge in [0, 0.05) is 5.56 Å². The van der Waals surface area contributed by atoms with E-state index in [-0.39, 0.29) is 10.7 Å². The van der Waals surface area contributed by atoms with Crippen LogP contribution in [-0.2, 0) is 10.0 Å². The fourth-order valence-corrected chi connectivity index (χ4v) is 2.09. The number of anilines is 1. The smallest absolute Gasteiger partial charge is 0.235 e. The predicted molar refractivity (Wildman–Crippen MR) is 75.0 cm³/mol. The van der Waals surface area contributed by atoms with Gasteiger partial charge in [0.15, 0.2) is 0 Å². The zero-order valence-electron chi connectivity index (χ0n) is 9.40. The Morgan fingerprint density at radius 2 is 2.06 bits per heavy atom. The standard InChI is InChI=1S/C10H13ClN2O2S2/c1-6(2)17(14,15)13-9-5-7(10(12)16)3-4-8(9)11/h3-6,13H,1-2H3,(H2,12,16). The summed E-state index contributed by atoms with van der Waals surface area (Å²) in [5, 5.41) is -0.249. The third-order valence-corrected chi connectivity index (χ3v) is 4.43. The summed E-state index contributed by atoms with van der Waals surface area (Å²) in [7, 11) is -3.43. The molecule has 0 saturated carbocycles. The second-order valence-corrected chi connectivity index (χ2v) is 6.84. The summed E-state index contributed by atoms with van der Waals surface area (Å²) in [6, 6.07) is 4.71. The molecule has 0 radical (unpaired) electrons. The lowest BCUT2D eigenvalue weighted by molar-refractivity contribution is 0.593. The van der Waals surface area contributed by atoms with Crippen molar-refractivity contribution >= 4 is 44.5 Å². The zero-order chi connectivity index (χ0) is 13.2. The van der Waals surface area contributed by atoms with Crippen LogP contribution in [0.1, 0.15) is 19.4 Å². The molecule has 1 aromatic rings. The van der Waals surface area contributed by atoms with Gasteiger partial charge in [0.2, 0.25) is 10.0 Å². The highest BCUT2D eigenvalue weighted by Gasteiger charge is 2.17. The maximum Gasteiger partial charge on any atom is 0.235 e. The third-order valence-electron chi connectivity index (χ3n) is 2.12. The number of rotatable bonds is 4. The second kappa shape index (κ2) is 5.20. The first-order valence-corrected chi connectivity index (χ1v) is 7.18. The van der Waals surface area contributed by atoms with Crippen LogP contribution < -0.4 is 10.5 Å². The van der Waals surface area contributed by atoms with Crippen LogP contribution in [0.3, 0.4) is 0 Å². The van der Waals surface area contributed by atoms with Crippen molar-refractivity contribution in [2.45, 2.75) is 19.1 Å². The SMILES string of the molecule is CC(C)S(=O)(=O)Nc1cc(C(N)=S)ccc1Cl. The Labute approximate surface area is 111 Å². The largest absolute Gasteiger partial charge is 0.389 e. The number of hydrogen-bond acceptors (Lipinski definition) is 3. The van der Waals surface area contributed by atoms with Gasteiger partial charge >= 0.3 is 0 Å². The van der Waals surface area contributed by atoms with Crippen LogP contribution in [0.2, 0.25) is 5.02 Å². The third kappa shape index (κ3) is 3.55. The van der Waals surface area contributed by atoms with E-state index in [4.69, 9.17) is 29.6 Å². The van der Waals surface area contributed by atoms with Gasteiger partial charge in [0.25, 0.3) is 0 Å². The highest BCUT2D eigenvalue weighted by atomic mass is 35.5. The Morgan fingerprint density at radius 1 is 1.47 bits per heavy atom. The second-order valence-electron chi connectivity index (χ2n) is 3.75. The number of thiocarbonyl (C=S) groups is 1. The molecule has 0 spiro atoms. The van der Waals surface area contributed by atoms with Crippen molar-refractivity contribution in [2.75, 3.05) is 4.72 Å². The Hall–Kier alpha value is -0.850. The summed E-state index contributed by atoms with van der Waals surface area (Å²) in [5.41, 5.74) is 6.31. The molecule has 4 nitrogen and oxygen atoms in total.